The second-order valence-corrected chi connectivity index (χ2v) is 6.55. The third kappa shape index (κ3) is 6.66. The van der Waals surface area contributed by atoms with Gasteiger partial charge in [0.05, 0.1) is 12.8 Å². The molecular formula is C24H22FN3O4. The quantitative estimate of drug-likeness (QED) is 0.393. The first-order valence-electron chi connectivity index (χ1n) is 9.88. The number of amides is 2. The van der Waals surface area contributed by atoms with Gasteiger partial charge in [-0.15, -0.1) is 0 Å². The van der Waals surface area contributed by atoms with Crippen LogP contribution in [0.5, 0.6) is 11.5 Å². The number of carbonyl (C=O) groups is 2. The van der Waals surface area contributed by atoms with E-state index in [1.165, 1.54) is 30.5 Å². The first-order valence-corrected chi connectivity index (χ1v) is 9.88. The SMILES string of the molecule is CCOc1cc(C=NNC(=O)c2ccccc2)ccc1OCC(=O)Nc1ccc(F)cc1. The number of nitrogens with one attached hydrogen (secondary N) is 2. The van der Waals surface area contributed by atoms with Crippen LogP contribution in [0.15, 0.2) is 77.9 Å². The third-order valence-electron chi connectivity index (χ3n) is 4.17. The maximum absolute atomic E-state index is 13.0. The zero-order chi connectivity index (χ0) is 22.8. The molecule has 0 aliphatic heterocycles. The van der Waals surface area contributed by atoms with Gasteiger partial charge in [0.25, 0.3) is 11.8 Å². The second kappa shape index (κ2) is 11.3. The highest BCUT2D eigenvalue weighted by molar-refractivity contribution is 5.95. The van der Waals surface area contributed by atoms with Crippen molar-refractivity contribution < 1.29 is 23.5 Å². The van der Waals surface area contributed by atoms with E-state index in [0.717, 1.165) is 0 Å². The maximum atomic E-state index is 13.0. The fourth-order valence-corrected chi connectivity index (χ4v) is 2.69. The van der Waals surface area contributed by atoms with Crippen molar-refractivity contribution in [1.29, 1.82) is 0 Å². The number of nitrogens with zero attached hydrogens (tertiary/aromatic N) is 1. The number of halogens is 1. The Bertz CT molecular complexity index is 1090. The minimum atomic E-state index is -0.395. The Morgan fingerprint density at radius 3 is 2.44 bits per heavy atom. The highest BCUT2D eigenvalue weighted by Crippen LogP contribution is 2.28. The molecule has 3 aromatic rings. The number of hydrogen-bond donors (Lipinski definition) is 2. The van der Waals surface area contributed by atoms with Gasteiger partial charge < -0.3 is 14.8 Å². The fraction of sp³-hybridized carbons (Fsp3) is 0.125. The van der Waals surface area contributed by atoms with E-state index < -0.39 is 5.91 Å². The first kappa shape index (κ1) is 22.5. The van der Waals surface area contributed by atoms with Gasteiger partial charge in [-0.25, -0.2) is 9.82 Å². The molecule has 2 amide bonds. The molecule has 0 aliphatic carbocycles. The lowest BCUT2D eigenvalue weighted by molar-refractivity contribution is -0.118. The molecule has 0 aromatic heterocycles. The zero-order valence-electron chi connectivity index (χ0n) is 17.4. The van der Waals surface area contributed by atoms with Crippen molar-refractivity contribution in [3.8, 4) is 11.5 Å². The lowest BCUT2D eigenvalue weighted by atomic mass is 10.2. The minimum Gasteiger partial charge on any atom is -0.490 e. The predicted octanol–water partition coefficient (Wildman–Crippen LogP) is 4.01. The Morgan fingerprint density at radius 2 is 1.72 bits per heavy atom. The van der Waals surface area contributed by atoms with Crippen LogP contribution in [-0.4, -0.2) is 31.2 Å². The van der Waals surface area contributed by atoms with Crippen LogP contribution in [0.2, 0.25) is 0 Å². The molecule has 0 heterocycles. The summed E-state index contributed by atoms with van der Waals surface area (Å²) in [6, 6.07) is 19.2. The monoisotopic (exact) mass is 435 g/mol. The van der Waals surface area contributed by atoms with Gasteiger partial charge in [-0.2, -0.15) is 5.10 Å². The summed E-state index contributed by atoms with van der Waals surface area (Å²) in [6.07, 6.45) is 1.48. The Morgan fingerprint density at radius 1 is 0.969 bits per heavy atom. The molecular weight excluding hydrogens is 413 g/mol. The van der Waals surface area contributed by atoms with E-state index in [2.05, 4.69) is 15.8 Å². The predicted molar refractivity (Wildman–Crippen MR) is 120 cm³/mol. The van der Waals surface area contributed by atoms with Crippen molar-refractivity contribution in [2.45, 2.75) is 6.92 Å². The molecule has 0 saturated carbocycles. The molecule has 32 heavy (non-hydrogen) atoms. The molecule has 7 nitrogen and oxygen atoms in total. The largest absolute Gasteiger partial charge is 0.490 e. The summed E-state index contributed by atoms with van der Waals surface area (Å²) >= 11 is 0. The van der Waals surface area contributed by atoms with Crippen molar-refractivity contribution in [2.75, 3.05) is 18.5 Å². The number of ether oxygens (including phenoxy) is 2. The lowest BCUT2D eigenvalue weighted by Gasteiger charge is -2.12. The summed E-state index contributed by atoms with van der Waals surface area (Å²) < 4.78 is 24.1. The van der Waals surface area contributed by atoms with E-state index in [1.54, 1.807) is 42.5 Å². The van der Waals surface area contributed by atoms with Crippen LogP contribution < -0.4 is 20.2 Å². The molecule has 0 atom stereocenters. The normalized spacial score (nSPS) is 10.6. The molecule has 0 bridgehead atoms. The summed E-state index contributed by atoms with van der Waals surface area (Å²) in [5.41, 5.74) is 4.10. The molecule has 0 saturated heterocycles. The van der Waals surface area contributed by atoms with Crippen LogP contribution in [0.1, 0.15) is 22.8 Å². The average Bonchev–Trinajstić information content (AvgIpc) is 2.81. The molecule has 0 fully saturated rings. The highest BCUT2D eigenvalue weighted by Gasteiger charge is 2.10. The molecule has 0 spiro atoms. The van der Waals surface area contributed by atoms with Crippen molar-refractivity contribution in [3.63, 3.8) is 0 Å². The van der Waals surface area contributed by atoms with Gasteiger partial charge in [-0.3, -0.25) is 9.59 Å². The number of hydrogen-bond acceptors (Lipinski definition) is 5. The number of benzene rings is 3. The van der Waals surface area contributed by atoms with Crippen LogP contribution in [0, 0.1) is 5.82 Å². The molecule has 2 N–H and O–H groups in total. The summed E-state index contributed by atoms with van der Waals surface area (Å²) in [7, 11) is 0. The molecule has 0 aliphatic rings. The third-order valence-corrected chi connectivity index (χ3v) is 4.17. The highest BCUT2D eigenvalue weighted by atomic mass is 19.1. The first-order chi connectivity index (χ1) is 15.5. The summed E-state index contributed by atoms with van der Waals surface area (Å²) in [4.78, 5) is 24.1. The molecule has 3 aromatic carbocycles. The Hall–Kier alpha value is -4.20. The number of anilines is 1. The van der Waals surface area contributed by atoms with Gasteiger partial charge in [0.15, 0.2) is 18.1 Å². The Balaban J connectivity index is 1.59. The molecule has 0 radical (unpaired) electrons. The standard InChI is InChI=1S/C24H22FN3O4/c1-2-31-22-14-17(15-26-28-24(30)18-6-4-3-5-7-18)8-13-21(22)32-16-23(29)27-20-11-9-19(25)10-12-20/h3-15H,2,16H2,1H3,(H,27,29)(H,28,30). The van der Waals surface area contributed by atoms with Gasteiger partial charge in [-0.05, 0) is 67.1 Å². The van der Waals surface area contributed by atoms with Gasteiger partial charge in [0.1, 0.15) is 5.82 Å². The molecule has 8 heteroatoms. The van der Waals surface area contributed by atoms with Crippen molar-refractivity contribution >= 4 is 23.7 Å². The lowest BCUT2D eigenvalue weighted by Crippen LogP contribution is -2.20. The van der Waals surface area contributed by atoms with E-state index in [-0.39, 0.29) is 18.3 Å². The topological polar surface area (TPSA) is 89.0 Å². The summed E-state index contributed by atoms with van der Waals surface area (Å²) in [5, 5.41) is 6.59. The van der Waals surface area contributed by atoms with Gasteiger partial charge in [0.2, 0.25) is 0 Å². The van der Waals surface area contributed by atoms with Crippen LogP contribution in [-0.2, 0) is 4.79 Å². The fourth-order valence-electron chi connectivity index (χ4n) is 2.69. The summed E-state index contributed by atoms with van der Waals surface area (Å²) in [6.45, 7) is 1.97. The second-order valence-electron chi connectivity index (χ2n) is 6.55. The van der Waals surface area contributed by atoms with Crippen LogP contribution in [0.25, 0.3) is 0 Å². The van der Waals surface area contributed by atoms with Crippen LogP contribution in [0.3, 0.4) is 0 Å². The average molecular weight is 435 g/mol. The zero-order valence-corrected chi connectivity index (χ0v) is 17.4. The van der Waals surface area contributed by atoms with E-state index >= 15 is 0 Å². The number of hydrazone groups is 1. The molecule has 164 valence electrons. The smallest absolute Gasteiger partial charge is 0.271 e. The van der Waals surface area contributed by atoms with Crippen molar-refractivity contribution in [3.05, 3.63) is 89.7 Å². The van der Waals surface area contributed by atoms with Gasteiger partial charge in [0, 0.05) is 11.3 Å². The van der Waals surface area contributed by atoms with Crippen LogP contribution >= 0.6 is 0 Å². The Labute approximate surface area is 184 Å². The molecule has 0 unspecified atom stereocenters. The van der Waals surface area contributed by atoms with Gasteiger partial charge in [-0.1, -0.05) is 18.2 Å². The summed E-state index contributed by atoms with van der Waals surface area (Å²) in [5.74, 6) is -0.289. The number of rotatable bonds is 9. The van der Waals surface area contributed by atoms with E-state index in [1.807, 2.05) is 13.0 Å². The Kier molecular flexibility index (Phi) is 7.91. The molecule has 3 rings (SSSR count). The number of carbonyl (C=O) groups excluding carboxylic acids is 2. The van der Waals surface area contributed by atoms with E-state index in [4.69, 9.17) is 9.47 Å². The maximum Gasteiger partial charge on any atom is 0.271 e. The van der Waals surface area contributed by atoms with E-state index in [9.17, 15) is 14.0 Å². The van der Waals surface area contributed by atoms with Gasteiger partial charge >= 0.3 is 0 Å². The van der Waals surface area contributed by atoms with Crippen molar-refractivity contribution in [2.24, 2.45) is 5.10 Å². The minimum absolute atomic E-state index is 0.252. The van der Waals surface area contributed by atoms with E-state index in [0.29, 0.717) is 34.9 Å². The van der Waals surface area contributed by atoms with Crippen molar-refractivity contribution in [1.82, 2.24) is 5.43 Å². The van der Waals surface area contributed by atoms with Crippen LogP contribution in [0.4, 0.5) is 10.1 Å².